The summed E-state index contributed by atoms with van der Waals surface area (Å²) in [6, 6.07) is 8.54. The Morgan fingerprint density at radius 3 is 2.72 bits per heavy atom. The maximum Gasteiger partial charge on any atom is 0.0472 e. The van der Waals surface area contributed by atoms with Crippen molar-refractivity contribution in [3.63, 3.8) is 0 Å². The summed E-state index contributed by atoms with van der Waals surface area (Å²) in [5, 5.41) is 0. The monoisotopic (exact) mass is 246 g/mol. The fraction of sp³-hybridized carbons (Fsp3) is 0.600. The highest BCUT2D eigenvalue weighted by Crippen LogP contribution is 2.41. The minimum absolute atomic E-state index is 0.500. The molecule has 1 spiro atoms. The zero-order valence-corrected chi connectivity index (χ0v) is 10.9. The standard InChI is InChI=1S/C15H22N2O/c16-11-13-3-1-2-4-14(13)17-8-5-15(12-17)6-9-18-10-7-15/h1-4H,5-12,16H2. The molecule has 2 heterocycles. The Morgan fingerprint density at radius 1 is 1.17 bits per heavy atom. The highest BCUT2D eigenvalue weighted by atomic mass is 16.5. The van der Waals surface area contributed by atoms with Gasteiger partial charge in [-0.25, -0.2) is 0 Å². The van der Waals surface area contributed by atoms with Gasteiger partial charge in [-0.15, -0.1) is 0 Å². The number of nitrogens with zero attached hydrogens (tertiary/aromatic N) is 1. The van der Waals surface area contributed by atoms with Gasteiger partial charge in [-0.05, 0) is 36.3 Å². The van der Waals surface area contributed by atoms with Crippen LogP contribution < -0.4 is 10.6 Å². The third-order valence-electron chi connectivity index (χ3n) is 4.54. The largest absolute Gasteiger partial charge is 0.381 e. The molecule has 3 nitrogen and oxygen atoms in total. The molecule has 98 valence electrons. The molecule has 1 aromatic rings. The third kappa shape index (κ3) is 2.13. The number of para-hydroxylation sites is 1. The first-order valence-corrected chi connectivity index (χ1v) is 6.94. The molecule has 1 aromatic carbocycles. The number of benzene rings is 1. The fourth-order valence-corrected chi connectivity index (χ4v) is 3.35. The second-order valence-corrected chi connectivity index (χ2v) is 5.62. The smallest absolute Gasteiger partial charge is 0.0472 e. The molecule has 3 rings (SSSR count). The van der Waals surface area contributed by atoms with Crippen LogP contribution in [0.25, 0.3) is 0 Å². The summed E-state index contributed by atoms with van der Waals surface area (Å²) in [6.45, 7) is 4.84. The van der Waals surface area contributed by atoms with Gasteiger partial charge in [0.05, 0.1) is 0 Å². The van der Waals surface area contributed by atoms with E-state index < -0.39 is 0 Å². The van der Waals surface area contributed by atoms with E-state index in [2.05, 4.69) is 29.2 Å². The molecule has 0 atom stereocenters. The lowest BCUT2D eigenvalue weighted by Gasteiger charge is -2.33. The minimum atomic E-state index is 0.500. The Morgan fingerprint density at radius 2 is 1.94 bits per heavy atom. The summed E-state index contributed by atoms with van der Waals surface area (Å²) in [4.78, 5) is 2.52. The van der Waals surface area contributed by atoms with Gasteiger partial charge < -0.3 is 15.4 Å². The lowest BCUT2D eigenvalue weighted by Crippen LogP contribution is -2.33. The molecule has 0 saturated carbocycles. The van der Waals surface area contributed by atoms with E-state index in [1.165, 1.54) is 37.1 Å². The van der Waals surface area contributed by atoms with Gasteiger partial charge in [0.1, 0.15) is 0 Å². The van der Waals surface area contributed by atoms with Crippen LogP contribution in [0.5, 0.6) is 0 Å². The van der Waals surface area contributed by atoms with E-state index in [1.807, 2.05) is 0 Å². The van der Waals surface area contributed by atoms with Crippen LogP contribution in [0.3, 0.4) is 0 Å². The second-order valence-electron chi connectivity index (χ2n) is 5.62. The van der Waals surface area contributed by atoms with Crippen molar-refractivity contribution in [3.8, 4) is 0 Å². The minimum Gasteiger partial charge on any atom is -0.381 e. The number of nitrogens with two attached hydrogens (primary N) is 1. The molecule has 2 fully saturated rings. The van der Waals surface area contributed by atoms with E-state index >= 15 is 0 Å². The molecule has 18 heavy (non-hydrogen) atoms. The highest BCUT2D eigenvalue weighted by molar-refractivity contribution is 5.54. The van der Waals surface area contributed by atoms with Crippen molar-refractivity contribution in [1.29, 1.82) is 0 Å². The van der Waals surface area contributed by atoms with Crippen molar-refractivity contribution >= 4 is 5.69 Å². The van der Waals surface area contributed by atoms with Crippen molar-refractivity contribution in [2.75, 3.05) is 31.2 Å². The molecule has 0 radical (unpaired) electrons. The van der Waals surface area contributed by atoms with Crippen molar-refractivity contribution in [2.24, 2.45) is 11.1 Å². The predicted molar refractivity (Wildman–Crippen MR) is 73.6 cm³/mol. The molecule has 2 saturated heterocycles. The zero-order chi connectivity index (χ0) is 12.4. The summed E-state index contributed by atoms with van der Waals surface area (Å²) in [5.74, 6) is 0. The van der Waals surface area contributed by atoms with Crippen molar-refractivity contribution in [3.05, 3.63) is 29.8 Å². The van der Waals surface area contributed by atoms with E-state index in [-0.39, 0.29) is 0 Å². The number of ether oxygens (including phenoxy) is 1. The summed E-state index contributed by atoms with van der Waals surface area (Å²) in [6.07, 6.45) is 3.73. The second kappa shape index (κ2) is 4.90. The molecular formula is C15H22N2O. The van der Waals surface area contributed by atoms with E-state index in [4.69, 9.17) is 10.5 Å². The van der Waals surface area contributed by atoms with Gasteiger partial charge in [0, 0.05) is 38.5 Å². The van der Waals surface area contributed by atoms with Crippen LogP contribution in [0, 0.1) is 5.41 Å². The average molecular weight is 246 g/mol. The third-order valence-corrected chi connectivity index (χ3v) is 4.54. The molecule has 0 amide bonds. The summed E-state index contributed by atoms with van der Waals surface area (Å²) in [5.41, 5.74) is 8.94. The summed E-state index contributed by atoms with van der Waals surface area (Å²) < 4.78 is 5.50. The highest BCUT2D eigenvalue weighted by Gasteiger charge is 2.39. The Hall–Kier alpha value is -1.06. The number of anilines is 1. The maximum absolute atomic E-state index is 5.84. The molecule has 0 bridgehead atoms. The van der Waals surface area contributed by atoms with Crippen LogP contribution >= 0.6 is 0 Å². The molecule has 2 aliphatic heterocycles. The normalized spacial score (nSPS) is 22.6. The van der Waals surface area contributed by atoms with Gasteiger partial charge >= 0.3 is 0 Å². The molecule has 3 heteroatoms. The molecule has 2 N–H and O–H groups in total. The van der Waals surface area contributed by atoms with E-state index in [9.17, 15) is 0 Å². The van der Waals surface area contributed by atoms with Gasteiger partial charge in [-0.3, -0.25) is 0 Å². The maximum atomic E-state index is 5.84. The van der Waals surface area contributed by atoms with Gasteiger partial charge in [-0.2, -0.15) is 0 Å². The van der Waals surface area contributed by atoms with Crippen LogP contribution in [-0.4, -0.2) is 26.3 Å². The first-order valence-electron chi connectivity index (χ1n) is 6.94. The zero-order valence-electron chi connectivity index (χ0n) is 10.9. The lowest BCUT2D eigenvalue weighted by atomic mass is 9.80. The van der Waals surface area contributed by atoms with Gasteiger partial charge in [0.15, 0.2) is 0 Å². The Labute approximate surface area is 109 Å². The van der Waals surface area contributed by atoms with Crippen LogP contribution in [0.4, 0.5) is 5.69 Å². The van der Waals surface area contributed by atoms with Crippen molar-refractivity contribution in [2.45, 2.75) is 25.8 Å². The Bertz CT molecular complexity index is 413. The van der Waals surface area contributed by atoms with E-state index in [0.717, 1.165) is 19.8 Å². The Balaban J connectivity index is 1.78. The van der Waals surface area contributed by atoms with E-state index in [1.54, 1.807) is 0 Å². The van der Waals surface area contributed by atoms with Gasteiger partial charge in [0.2, 0.25) is 0 Å². The summed E-state index contributed by atoms with van der Waals surface area (Å²) >= 11 is 0. The quantitative estimate of drug-likeness (QED) is 0.869. The first-order chi connectivity index (χ1) is 8.83. The molecule has 0 aliphatic carbocycles. The summed E-state index contributed by atoms with van der Waals surface area (Å²) in [7, 11) is 0. The number of hydrogen-bond acceptors (Lipinski definition) is 3. The van der Waals surface area contributed by atoms with Crippen molar-refractivity contribution < 1.29 is 4.74 Å². The molecule has 0 aromatic heterocycles. The number of hydrogen-bond donors (Lipinski definition) is 1. The molecule has 2 aliphatic rings. The topological polar surface area (TPSA) is 38.5 Å². The van der Waals surface area contributed by atoms with Crippen LogP contribution in [-0.2, 0) is 11.3 Å². The van der Waals surface area contributed by atoms with Crippen molar-refractivity contribution in [1.82, 2.24) is 0 Å². The Kier molecular flexibility index (Phi) is 3.27. The number of rotatable bonds is 2. The lowest BCUT2D eigenvalue weighted by molar-refractivity contribution is 0.0254. The predicted octanol–water partition coefficient (Wildman–Crippen LogP) is 2.15. The molecule has 0 unspecified atom stereocenters. The van der Waals surface area contributed by atoms with Crippen LogP contribution in [0.15, 0.2) is 24.3 Å². The van der Waals surface area contributed by atoms with Gasteiger partial charge in [-0.1, -0.05) is 18.2 Å². The first kappa shape index (κ1) is 12.0. The van der Waals surface area contributed by atoms with Crippen LogP contribution in [0.1, 0.15) is 24.8 Å². The van der Waals surface area contributed by atoms with Crippen LogP contribution in [0.2, 0.25) is 0 Å². The SMILES string of the molecule is NCc1ccccc1N1CCC2(CCOCC2)C1. The molecular weight excluding hydrogens is 224 g/mol. The van der Waals surface area contributed by atoms with Gasteiger partial charge in [0.25, 0.3) is 0 Å². The van der Waals surface area contributed by atoms with E-state index in [0.29, 0.717) is 12.0 Å². The average Bonchev–Trinajstić information content (AvgIpc) is 2.83. The fourth-order valence-electron chi connectivity index (χ4n) is 3.35.